The Labute approximate surface area is 125 Å². The maximum Gasteiger partial charge on any atom is 0.168 e. The molecule has 1 heterocycles. The van der Waals surface area contributed by atoms with Crippen LogP contribution in [0.15, 0.2) is 63.7 Å². The molecule has 0 saturated heterocycles. The summed E-state index contributed by atoms with van der Waals surface area (Å²) in [5.74, 6) is 1.49. The van der Waals surface area contributed by atoms with E-state index in [0.29, 0.717) is 6.54 Å². The standard InChI is InChI=1S/C16H14BrNO2/c17-16-12-5-2-1-4-11(12)7-8-14(16)20-15(10-18)13-6-3-9-19-13/h1-9,15H,10,18H2. The smallest absolute Gasteiger partial charge is 0.168 e. The molecule has 102 valence electrons. The van der Waals surface area contributed by atoms with Crippen LogP contribution in [0.5, 0.6) is 5.75 Å². The van der Waals surface area contributed by atoms with Gasteiger partial charge >= 0.3 is 0 Å². The summed E-state index contributed by atoms with van der Waals surface area (Å²) in [7, 11) is 0. The molecule has 3 rings (SSSR count). The van der Waals surface area contributed by atoms with Crippen LogP contribution < -0.4 is 10.5 Å². The largest absolute Gasteiger partial charge is 0.480 e. The molecule has 0 aliphatic heterocycles. The third-order valence-corrected chi connectivity index (χ3v) is 3.99. The average molecular weight is 332 g/mol. The van der Waals surface area contributed by atoms with Gasteiger partial charge in [-0.2, -0.15) is 0 Å². The molecule has 0 spiro atoms. The van der Waals surface area contributed by atoms with Gasteiger partial charge in [0.2, 0.25) is 0 Å². The van der Waals surface area contributed by atoms with Gasteiger partial charge in [-0.1, -0.05) is 30.3 Å². The first-order chi connectivity index (χ1) is 9.79. The summed E-state index contributed by atoms with van der Waals surface area (Å²) >= 11 is 3.61. The van der Waals surface area contributed by atoms with Gasteiger partial charge in [-0.05, 0) is 44.9 Å². The number of furan rings is 1. The van der Waals surface area contributed by atoms with Crippen LogP contribution in [0.2, 0.25) is 0 Å². The van der Waals surface area contributed by atoms with Crippen molar-refractivity contribution in [1.29, 1.82) is 0 Å². The summed E-state index contributed by atoms with van der Waals surface area (Å²) in [6.45, 7) is 0.354. The number of rotatable bonds is 4. The van der Waals surface area contributed by atoms with Gasteiger partial charge in [0.15, 0.2) is 6.10 Å². The van der Waals surface area contributed by atoms with Crippen LogP contribution in [0.4, 0.5) is 0 Å². The van der Waals surface area contributed by atoms with Crippen molar-refractivity contribution < 1.29 is 9.15 Å². The van der Waals surface area contributed by atoms with Crippen molar-refractivity contribution in [2.24, 2.45) is 5.73 Å². The van der Waals surface area contributed by atoms with Gasteiger partial charge in [0.1, 0.15) is 11.5 Å². The highest BCUT2D eigenvalue weighted by atomic mass is 79.9. The van der Waals surface area contributed by atoms with Crippen LogP contribution in [0.3, 0.4) is 0 Å². The minimum absolute atomic E-state index is 0.289. The highest BCUT2D eigenvalue weighted by Gasteiger charge is 2.16. The topological polar surface area (TPSA) is 48.4 Å². The molecular weight excluding hydrogens is 318 g/mol. The molecule has 0 fully saturated rings. The van der Waals surface area contributed by atoms with E-state index in [9.17, 15) is 0 Å². The first-order valence-corrected chi connectivity index (χ1v) is 7.16. The lowest BCUT2D eigenvalue weighted by molar-refractivity contribution is 0.183. The molecule has 1 atom stereocenters. The van der Waals surface area contributed by atoms with Crippen molar-refractivity contribution >= 4 is 26.7 Å². The average Bonchev–Trinajstić information content (AvgIpc) is 3.01. The summed E-state index contributed by atoms with van der Waals surface area (Å²) in [5.41, 5.74) is 5.77. The summed E-state index contributed by atoms with van der Waals surface area (Å²) < 4.78 is 12.3. The van der Waals surface area contributed by atoms with Crippen molar-refractivity contribution in [3.63, 3.8) is 0 Å². The normalized spacial score (nSPS) is 12.5. The summed E-state index contributed by atoms with van der Waals surface area (Å²) in [6.07, 6.45) is 1.33. The van der Waals surface area contributed by atoms with Crippen LogP contribution in [0.25, 0.3) is 10.8 Å². The van der Waals surface area contributed by atoms with Crippen molar-refractivity contribution in [3.8, 4) is 5.75 Å². The molecule has 2 N–H and O–H groups in total. The zero-order chi connectivity index (χ0) is 13.9. The fraction of sp³-hybridized carbons (Fsp3) is 0.125. The van der Waals surface area contributed by atoms with Crippen LogP contribution in [-0.4, -0.2) is 6.54 Å². The van der Waals surface area contributed by atoms with Crippen LogP contribution in [-0.2, 0) is 0 Å². The Morgan fingerprint density at radius 3 is 2.70 bits per heavy atom. The fourth-order valence-corrected chi connectivity index (χ4v) is 2.74. The Hall–Kier alpha value is -1.78. The van der Waals surface area contributed by atoms with Gasteiger partial charge in [-0.15, -0.1) is 0 Å². The van der Waals surface area contributed by atoms with Crippen LogP contribution >= 0.6 is 15.9 Å². The highest BCUT2D eigenvalue weighted by molar-refractivity contribution is 9.10. The van der Waals surface area contributed by atoms with Gasteiger partial charge in [0.25, 0.3) is 0 Å². The van der Waals surface area contributed by atoms with E-state index >= 15 is 0 Å². The number of fused-ring (bicyclic) bond motifs is 1. The molecule has 3 aromatic rings. The molecule has 1 unspecified atom stereocenters. The SMILES string of the molecule is NCC(Oc1ccc2ccccc2c1Br)c1ccco1. The molecule has 0 amide bonds. The Balaban J connectivity index is 1.96. The first-order valence-electron chi connectivity index (χ1n) is 6.37. The summed E-state index contributed by atoms with van der Waals surface area (Å²) in [5, 5.41) is 2.27. The Morgan fingerprint density at radius 1 is 1.10 bits per heavy atom. The molecule has 3 nitrogen and oxygen atoms in total. The predicted molar refractivity (Wildman–Crippen MR) is 82.8 cm³/mol. The van der Waals surface area contributed by atoms with Crippen molar-refractivity contribution in [2.75, 3.05) is 6.54 Å². The third-order valence-electron chi connectivity index (χ3n) is 3.17. The first kappa shape index (κ1) is 13.2. The monoisotopic (exact) mass is 331 g/mol. The molecule has 4 heteroatoms. The Morgan fingerprint density at radius 2 is 1.95 bits per heavy atom. The second-order valence-electron chi connectivity index (χ2n) is 4.46. The molecule has 0 radical (unpaired) electrons. The van der Waals surface area contributed by atoms with E-state index in [0.717, 1.165) is 26.8 Å². The minimum atomic E-state index is -0.289. The van der Waals surface area contributed by atoms with Gasteiger partial charge in [0.05, 0.1) is 10.7 Å². The van der Waals surface area contributed by atoms with Gasteiger partial charge in [-0.25, -0.2) is 0 Å². The number of ether oxygens (including phenoxy) is 1. The maximum atomic E-state index is 5.98. The quantitative estimate of drug-likeness (QED) is 0.776. The lowest BCUT2D eigenvalue weighted by atomic mass is 10.1. The minimum Gasteiger partial charge on any atom is -0.480 e. The lowest BCUT2D eigenvalue weighted by Crippen LogP contribution is -2.18. The van der Waals surface area contributed by atoms with E-state index in [1.807, 2.05) is 36.4 Å². The number of hydrogen-bond donors (Lipinski definition) is 1. The van der Waals surface area contributed by atoms with Crippen molar-refractivity contribution in [3.05, 3.63) is 65.0 Å². The zero-order valence-electron chi connectivity index (χ0n) is 10.8. The van der Waals surface area contributed by atoms with E-state index in [4.69, 9.17) is 14.9 Å². The summed E-state index contributed by atoms with van der Waals surface area (Å²) in [4.78, 5) is 0. The number of hydrogen-bond acceptors (Lipinski definition) is 3. The highest BCUT2D eigenvalue weighted by Crippen LogP contribution is 2.35. The maximum absolute atomic E-state index is 5.98. The van der Waals surface area contributed by atoms with E-state index < -0.39 is 0 Å². The zero-order valence-corrected chi connectivity index (χ0v) is 12.3. The Kier molecular flexibility index (Phi) is 3.76. The molecule has 0 bridgehead atoms. The van der Waals surface area contributed by atoms with Gasteiger partial charge in [-0.3, -0.25) is 0 Å². The van der Waals surface area contributed by atoms with Crippen molar-refractivity contribution in [2.45, 2.75) is 6.10 Å². The van der Waals surface area contributed by atoms with E-state index in [2.05, 4.69) is 28.1 Å². The van der Waals surface area contributed by atoms with Gasteiger partial charge in [0, 0.05) is 6.54 Å². The van der Waals surface area contributed by atoms with Crippen LogP contribution in [0, 0.1) is 0 Å². The number of benzene rings is 2. The summed E-state index contributed by atoms with van der Waals surface area (Å²) in [6, 6.07) is 15.8. The third kappa shape index (κ3) is 2.44. The molecule has 2 aromatic carbocycles. The second-order valence-corrected chi connectivity index (χ2v) is 5.25. The molecule has 0 aliphatic carbocycles. The molecule has 0 aliphatic rings. The predicted octanol–water partition coefficient (Wildman–Crippen LogP) is 4.27. The van der Waals surface area contributed by atoms with E-state index in [-0.39, 0.29) is 6.10 Å². The van der Waals surface area contributed by atoms with E-state index in [1.165, 1.54) is 0 Å². The fourth-order valence-electron chi connectivity index (χ4n) is 2.15. The molecule has 0 saturated carbocycles. The van der Waals surface area contributed by atoms with Crippen LogP contribution in [0.1, 0.15) is 11.9 Å². The van der Waals surface area contributed by atoms with Crippen molar-refractivity contribution in [1.82, 2.24) is 0 Å². The number of nitrogens with two attached hydrogens (primary N) is 1. The lowest BCUT2D eigenvalue weighted by Gasteiger charge is -2.17. The van der Waals surface area contributed by atoms with E-state index in [1.54, 1.807) is 6.26 Å². The molecule has 20 heavy (non-hydrogen) atoms. The molecular formula is C16H14BrNO2. The van der Waals surface area contributed by atoms with Gasteiger partial charge < -0.3 is 14.9 Å². The Bertz CT molecular complexity index is 710. The molecule has 1 aromatic heterocycles. The second kappa shape index (κ2) is 5.69. The number of halogens is 1.